The van der Waals surface area contributed by atoms with Crippen LogP contribution in [0.15, 0.2) is 48.5 Å². The first-order chi connectivity index (χ1) is 11.1. The van der Waals surface area contributed by atoms with Crippen molar-refractivity contribution in [1.29, 1.82) is 0 Å². The van der Waals surface area contributed by atoms with Crippen LogP contribution in [0.25, 0.3) is 0 Å². The Hall–Kier alpha value is -2.04. The van der Waals surface area contributed by atoms with Gasteiger partial charge in [0.15, 0.2) is 0 Å². The van der Waals surface area contributed by atoms with E-state index in [0.717, 1.165) is 16.8 Å². The van der Waals surface area contributed by atoms with E-state index in [-0.39, 0.29) is 11.9 Å². The molecule has 0 aliphatic heterocycles. The van der Waals surface area contributed by atoms with Gasteiger partial charge in [0.25, 0.3) is 0 Å². The number of methoxy groups -OCH3 is 1. The molecule has 1 amide bonds. The monoisotopic (exact) mass is 332 g/mol. The second kappa shape index (κ2) is 8.56. The molecule has 0 heterocycles. The van der Waals surface area contributed by atoms with Crippen molar-refractivity contribution in [3.63, 3.8) is 0 Å². The minimum Gasteiger partial charge on any atom is -0.380 e. The molecule has 0 spiro atoms. The van der Waals surface area contributed by atoms with Crippen LogP contribution < -0.4 is 10.6 Å². The number of hydrogen-bond acceptors (Lipinski definition) is 3. The quantitative estimate of drug-likeness (QED) is 0.814. The third-order valence-electron chi connectivity index (χ3n) is 3.43. The number of carbonyl (C=O) groups is 1. The highest BCUT2D eigenvalue weighted by Crippen LogP contribution is 2.15. The van der Waals surface area contributed by atoms with Crippen LogP contribution in [0, 0.1) is 0 Å². The summed E-state index contributed by atoms with van der Waals surface area (Å²) in [5, 5.41) is 6.73. The van der Waals surface area contributed by atoms with E-state index in [1.807, 2.05) is 55.5 Å². The zero-order chi connectivity index (χ0) is 16.7. The van der Waals surface area contributed by atoms with Gasteiger partial charge in [-0.2, -0.15) is 0 Å². The fourth-order valence-corrected chi connectivity index (χ4v) is 2.41. The van der Waals surface area contributed by atoms with Crippen LogP contribution in [0.2, 0.25) is 5.02 Å². The van der Waals surface area contributed by atoms with E-state index < -0.39 is 0 Å². The number of benzene rings is 2. The number of halogens is 1. The van der Waals surface area contributed by atoms with Gasteiger partial charge in [0.05, 0.1) is 6.61 Å². The Balaban J connectivity index is 1.90. The summed E-state index contributed by atoms with van der Waals surface area (Å²) in [6.45, 7) is 2.78. The van der Waals surface area contributed by atoms with Gasteiger partial charge in [-0.25, -0.2) is 0 Å². The number of ether oxygens (including phenoxy) is 1. The van der Waals surface area contributed by atoms with E-state index in [9.17, 15) is 4.79 Å². The number of amides is 1. The lowest BCUT2D eigenvalue weighted by Gasteiger charge is -2.16. The number of anilines is 1. The van der Waals surface area contributed by atoms with E-state index in [1.165, 1.54) is 0 Å². The summed E-state index contributed by atoms with van der Waals surface area (Å²) in [5.41, 5.74) is 2.85. The maximum atomic E-state index is 12.2. The molecule has 2 N–H and O–H groups in total. The van der Waals surface area contributed by atoms with Crippen molar-refractivity contribution in [2.45, 2.75) is 26.1 Å². The largest absolute Gasteiger partial charge is 0.380 e. The fourth-order valence-electron chi connectivity index (χ4n) is 2.21. The molecule has 0 saturated heterocycles. The molecule has 0 saturated carbocycles. The maximum Gasteiger partial charge on any atom is 0.242 e. The summed E-state index contributed by atoms with van der Waals surface area (Å²) in [6.07, 6.45) is 0. The molecule has 0 bridgehead atoms. The summed E-state index contributed by atoms with van der Waals surface area (Å²) in [4.78, 5) is 12.2. The molecule has 4 nitrogen and oxygen atoms in total. The van der Waals surface area contributed by atoms with Gasteiger partial charge in [-0.05, 0) is 36.2 Å². The summed E-state index contributed by atoms with van der Waals surface area (Å²) < 4.78 is 5.11. The standard InChI is InChI=1S/C18H21ClN2O2/c1-13(21-16-8-5-6-14(10-16)12-23-2)18(22)20-11-15-7-3-4-9-17(15)19/h3-10,13,21H,11-12H2,1-2H3,(H,20,22)/t13-/m1/s1. The minimum absolute atomic E-state index is 0.0814. The number of rotatable bonds is 7. The molecule has 2 rings (SSSR count). The second-order valence-corrected chi connectivity index (χ2v) is 5.72. The van der Waals surface area contributed by atoms with E-state index in [0.29, 0.717) is 18.2 Å². The Labute approximate surface area is 141 Å². The molecule has 0 aliphatic rings. The number of hydrogen-bond donors (Lipinski definition) is 2. The molecular weight excluding hydrogens is 312 g/mol. The molecule has 1 atom stereocenters. The van der Waals surface area contributed by atoms with Crippen LogP contribution in [0.4, 0.5) is 5.69 Å². The lowest BCUT2D eigenvalue weighted by atomic mass is 10.2. The first kappa shape index (κ1) is 17.3. The maximum absolute atomic E-state index is 12.2. The fraction of sp³-hybridized carbons (Fsp3) is 0.278. The smallest absolute Gasteiger partial charge is 0.242 e. The third kappa shape index (κ3) is 5.27. The van der Waals surface area contributed by atoms with Crippen molar-refractivity contribution in [3.8, 4) is 0 Å². The van der Waals surface area contributed by atoms with Crippen LogP contribution in [-0.2, 0) is 22.7 Å². The Morgan fingerprint density at radius 1 is 1.22 bits per heavy atom. The highest BCUT2D eigenvalue weighted by atomic mass is 35.5. The molecular formula is C18H21ClN2O2. The van der Waals surface area contributed by atoms with Gasteiger partial charge in [-0.15, -0.1) is 0 Å². The first-order valence-corrected chi connectivity index (χ1v) is 7.83. The van der Waals surface area contributed by atoms with Crippen LogP contribution in [-0.4, -0.2) is 19.1 Å². The molecule has 0 aliphatic carbocycles. The third-order valence-corrected chi connectivity index (χ3v) is 3.79. The van der Waals surface area contributed by atoms with Crippen molar-refractivity contribution in [1.82, 2.24) is 5.32 Å². The van der Waals surface area contributed by atoms with Crippen molar-refractivity contribution in [3.05, 3.63) is 64.7 Å². The first-order valence-electron chi connectivity index (χ1n) is 7.45. The van der Waals surface area contributed by atoms with Crippen LogP contribution in [0.1, 0.15) is 18.1 Å². The van der Waals surface area contributed by atoms with Crippen molar-refractivity contribution in [2.24, 2.45) is 0 Å². The average molecular weight is 333 g/mol. The molecule has 122 valence electrons. The molecule has 0 radical (unpaired) electrons. The predicted molar refractivity (Wildman–Crippen MR) is 93.5 cm³/mol. The molecule has 5 heteroatoms. The highest BCUT2D eigenvalue weighted by molar-refractivity contribution is 6.31. The average Bonchev–Trinajstić information content (AvgIpc) is 2.54. The molecule has 0 fully saturated rings. The van der Waals surface area contributed by atoms with Gasteiger partial charge in [0, 0.05) is 24.4 Å². The minimum atomic E-state index is -0.352. The van der Waals surface area contributed by atoms with Gasteiger partial charge in [-0.3, -0.25) is 4.79 Å². The van der Waals surface area contributed by atoms with E-state index >= 15 is 0 Å². The van der Waals surface area contributed by atoms with Crippen LogP contribution in [0.5, 0.6) is 0 Å². The van der Waals surface area contributed by atoms with Gasteiger partial charge in [0.1, 0.15) is 6.04 Å². The lowest BCUT2D eigenvalue weighted by Crippen LogP contribution is -2.37. The normalized spacial score (nSPS) is 11.8. The highest BCUT2D eigenvalue weighted by Gasteiger charge is 2.12. The van der Waals surface area contributed by atoms with Crippen molar-refractivity contribution < 1.29 is 9.53 Å². The topological polar surface area (TPSA) is 50.4 Å². The molecule has 23 heavy (non-hydrogen) atoms. The van der Waals surface area contributed by atoms with Crippen molar-refractivity contribution in [2.75, 3.05) is 12.4 Å². The van der Waals surface area contributed by atoms with Gasteiger partial charge in [-0.1, -0.05) is 41.9 Å². The van der Waals surface area contributed by atoms with Crippen molar-refractivity contribution >= 4 is 23.2 Å². The van der Waals surface area contributed by atoms with E-state index in [4.69, 9.17) is 16.3 Å². The number of carbonyl (C=O) groups excluding carboxylic acids is 1. The molecule has 2 aromatic rings. The molecule has 0 unspecified atom stereocenters. The zero-order valence-electron chi connectivity index (χ0n) is 13.3. The second-order valence-electron chi connectivity index (χ2n) is 5.31. The SMILES string of the molecule is COCc1cccc(N[C@H](C)C(=O)NCc2ccccc2Cl)c1. The summed E-state index contributed by atoms with van der Waals surface area (Å²) in [6, 6.07) is 14.9. The Morgan fingerprint density at radius 2 is 2.00 bits per heavy atom. The predicted octanol–water partition coefficient (Wildman–Crippen LogP) is 3.60. The Bertz CT molecular complexity index is 661. The summed E-state index contributed by atoms with van der Waals surface area (Å²) >= 11 is 6.09. The summed E-state index contributed by atoms with van der Waals surface area (Å²) in [7, 11) is 1.66. The Morgan fingerprint density at radius 3 is 2.74 bits per heavy atom. The number of nitrogens with one attached hydrogen (secondary N) is 2. The molecule has 0 aromatic heterocycles. The zero-order valence-corrected chi connectivity index (χ0v) is 14.1. The van der Waals surface area contributed by atoms with Gasteiger partial charge < -0.3 is 15.4 Å². The lowest BCUT2D eigenvalue weighted by molar-refractivity contribution is -0.121. The summed E-state index contributed by atoms with van der Waals surface area (Å²) in [5.74, 6) is -0.0814. The van der Waals surface area contributed by atoms with Crippen LogP contribution >= 0.6 is 11.6 Å². The van der Waals surface area contributed by atoms with E-state index in [1.54, 1.807) is 7.11 Å². The van der Waals surface area contributed by atoms with Crippen LogP contribution in [0.3, 0.4) is 0 Å². The van der Waals surface area contributed by atoms with Gasteiger partial charge in [0.2, 0.25) is 5.91 Å². The molecule has 2 aromatic carbocycles. The Kier molecular flexibility index (Phi) is 6.44. The van der Waals surface area contributed by atoms with E-state index in [2.05, 4.69) is 10.6 Å². The van der Waals surface area contributed by atoms with Gasteiger partial charge >= 0.3 is 0 Å².